The second kappa shape index (κ2) is 9.10. The Morgan fingerprint density at radius 1 is 0.824 bits per heavy atom. The third kappa shape index (κ3) is 3.73. The van der Waals surface area contributed by atoms with E-state index in [0.717, 1.165) is 39.6 Å². The van der Waals surface area contributed by atoms with Crippen LogP contribution in [-0.2, 0) is 6.42 Å². The molecule has 0 bridgehead atoms. The van der Waals surface area contributed by atoms with E-state index in [-0.39, 0.29) is 11.9 Å². The van der Waals surface area contributed by atoms with Crippen molar-refractivity contribution in [1.29, 1.82) is 0 Å². The normalized spacial score (nSPS) is 15.0. The van der Waals surface area contributed by atoms with E-state index in [2.05, 4.69) is 0 Å². The Bertz CT molecular complexity index is 1340. The number of nitrogens with zero attached hydrogens (tertiary/aromatic N) is 1. The highest BCUT2D eigenvalue weighted by Crippen LogP contribution is 2.42. The van der Waals surface area contributed by atoms with Gasteiger partial charge in [0.15, 0.2) is 11.5 Å². The van der Waals surface area contributed by atoms with Gasteiger partial charge in [-0.15, -0.1) is 0 Å². The minimum Gasteiger partial charge on any atom is -0.497 e. The molecule has 5 nitrogen and oxygen atoms in total. The summed E-state index contributed by atoms with van der Waals surface area (Å²) in [6, 6.07) is 25.6. The van der Waals surface area contributed by atoms with Crippen LogP contribution >= 0.6 is 0 Å². The van der Waals surface area contributed by atoms with Gasteiger partial charge >= 0.3 is 0 Å². The molecule has 1 heterocycles. The molecule has 1 amide bonds. The predicted octanol–water partition coefficient (Wildman–Crippen LogP) is 5.65. The van der Waals surface area contributed by atoms with E-state index < -0.39 is 0 Å². The third-order valence-corrected chi connectivity index (χ3v) is 6.59. The Labute approximate surface area is 199 Å². The van der Waals surface area contributed by atoms with Gasteiger partial charge in [0, 0.05) is 12.1 Å². The van der Waals surface area contributed by atoms with Crippen LogP contribution in [0.3, 0.4) is 0 Å². The van der Waals surface area contributed by atoms with E-state index >= 15 is 0 Å². The summed E-state index contributed by atoms with van der Waals surface area (Å²) in [5.74, 6) is 2.14. The van der Waals surface area contributed by atoms with Crippen molar-refractivity contribution in [1.82, 2.24) is 4.90 Å². The molecule has 1 atom stereocenters. The molecule has 0 radical (unpaired) electrons. The molecule has 0 spiro atoms. The summed E-state index contributed by atoms with van der Waals surface area (Å²) in [4.78, 5) is 16.0. The molecule has 5 rings (SSSR count). The van der Waals surface area contributed by atoms with Gasteiger partial charge in [0.25, 0.3) is 5.91 Å². The molecule has 0 fully saturated rings. The lowest BCUT2D eigenvalue weighted by molar-refractivity contribution is 0.0696. The molecule has 4 aromatic rings. The van der Waals surface area contributed by atoms with Crippen molar-refractivity contribution < 1.29 is 19.0 Å². The summed E-state index contributed by atoms with van der Waals surface area (Å²) in [6.45, 7) is 0.598. The smallest absolute Gasteiger partial charge is 0.255 e. The highest BCUT2D eigenvalue weighted by Gasteiger charge is 2.34. The number of rotatable bonds is 5. The molecule has 1 aliphatic heterocycles. The quantitative estimate of drug-likeness (QED) is 0.392. The van der Waals surface area contributed by atoms with Gasteiger partial charge < -0.3 is 19.1 Å². The first kappa shape index (κ1) is 21.8. The van der Waals surface area contributed by atoms with Crippen molar-refractivity contribution in [2.75, 3.05) is 27.9 Å². The Hall–Kier alpha value is -3.99. The lowest BCUT2D eigenvalue weighted by atomic mass is 9.87. The van der Waals surface area contributed by atoms with E-state index in [1.165, 1.54) is 0 Å². The number of hydrogen-bond acceptors (Lipinski definition) is 4. The van der Waals surface area contributed by atoms with Crippen molar-refractivity contribution in [3.63, 3.8) is 0 Å². The second-order valence-corrected chi connectivity index (χ2v) is 8.36. The fourth-order valence-corrected chi connectivity index (χ4v) is 4.88. The monoisotopic (exact) mass is 453 g/mol. The van der Waals surface area contributed by atoms with Crippen LogP contribution < -0.4 is 14.2 Å². The minimum absolute atomic E-state index is 0.0121. The number of hydrogen-bond donors (Lipinski definition) is 0. The van der Waals surface area contributed by atoms with E-state index in [0.29, 0.717) is 23.6 Å². The van der Waals surface area contributed by atoms with Gasteiger partial charge in [-0.1, -0.05) is 48.5 Å². The number of carbonyl (C=O) groups is 1. The molecule has 0 unspecified atom stereocenters. The van der Waals surface area contributed by atoms with Crippen LogP contribution in [0, 0.1) is 0 Å². The average Bonchev–Trinajstić information content (AvgIpc) is 2.90. The topological polar surface area (TPSA) is 48.0 Å². The average molecular weight is 454 g/mol. The van der Waals surface area contributed by atoms with Gasteiger partial charge in [-0.25, -0.2) is 0 Å². The van der Waals surface area contributed by atoms with Crippen LogP contribution in [0.4, 0.5) is 0 Å². The van der Waals surface area contributed by atoms with E-state index in [9.17, 15) is 4.79 Å². The highest BCUT2D eigenvalue weighted by atomic mass is 16.5. The number of methoxy groups -OCH3 is 3. The van der Waals surface area contributed by atoms with Crippen molar-refractivity contribution >= 4 is 16.7 Å². The maximum absolute atomic E-state index is 14.1. The lowest BCUT2D eigenvalue weighted by Crippen LogP contribution is -2.40. The van der Waals surface area contributed by atoms with Gasteiger partial charge in [-0.3, -0.25) is 4.79 Å². The molecule has 0 aliphatic carbocycles. The van der Waals surface area contributed by atoms with Crippen LogP contribution in [0.15, 0.2) is 78.9 Å². The van der Waals surface area contributed by atoms with Gasteiger partial charge in [0.2, 0.25) is 0 Å². The van der Waals surface area contributed by atoms with Crippen molar-refractivity contribution in [2.24, 2.45) is 0 Å². The van der Waals surface area contributed by atoms with Crippen LogP contribution in [0.2, 0.25) is 0 Å². The highest BCUT2D eigenvalue weighted by molar-refractivity contribution is 6.07. The SMILES string of the molecule is COc1ccc([C@@H]2c3cc(OC)c(OC)cc3CCN2C(=O)c2cccc3ccccc23)cc1. The molecule has 5 heteroatoms. The number of benzene rings is 4. The lowest BCUT2D eigenvalue weighted by Gasteiger charge is -2.38. The zero-order chi connectivity index (χ0) is 23.7. The first-order valence-electron chi connectivity index (χ1n) is 11.3. The molecular formula is C29H27NO4. The van der Waals surface area contributed by atoms with Gasteiger partial charge in [0.1, 0.15) is 5.75 Å². The first-order valence-corrected chi connectivity index (χ1v) is 11.3. The fourth-order valence-electron chi connectivity index (χ4n) is 4.88. The molecule has 1 aliphatic rings. The minimum atomic E-state index is -0.263. The maximum Gasteiger partial charge on any atom is 0.255 e. The summed E-state index contributed by atoms with van der Waals surface area (Å²) in [6.07, 6.45) is 0.735. The van der Waals surface area contributed by atoms with Gasteiger partial charge in [-0.05, 0) is 64.2 Å². The summed E-state index contributed by atoms with van der Waals surface area (Å²) in [5, 5.41) is 2.01. The second-order valence-electron chi connectivity index (χ2n) is 8.36. The zero-order valence-electron chi connectivity index (χ0n) is 19.6. The summed E-state index contributed by atoms with van der Waals surface area (Å²) < 4.78 is 16.5. The van der Waals surface area contributed by atoms with Crippen molar-refractivity contribution in [3.8, 4) is 17.2 Å². The van der Waals surface area contributed by atoms with Gasteiger partial charge in [0.05, 0.1) is 27.4 Å². The molecule has 0 N–H and O–H groups in total. The number of fused-ring (bicyclic) bond motifs is 2. The standard InChI is InChI=1S/C29H27NO4/c1-32-22-13-11-20(12-14-22)28-25-18-27(34-3)26(33-2)17-21(25)15-16-30(28)29(31)24-10-6-8-19-7-4-5-9-23(19)24/h4-14,17-18,28H,15-16H2,1-3H3/t28-/m1/s1. The van der Waals surface area contributed by atoms with Crippen LogP contribution in [-0.4, -0.2) is 38.7 Å². The Balaban J connectivity index is 1.66. The number of amides is 1. The van der Waals surface area contributed by atoms with E-state index in [4.69, 9.17) is 14.2 Å². The Kier molecular flexibility index (Phi) is 5.84. The van der Waals surface area contributed by atoms with Crippen molar-refractivity contribution in [3.05, 3.63) is 101 Å². The molecule has 34 heavy (non-hydrogen) atoms. The van der Waals surface area contributed by atoms with Crippen molar-refractivity contribution in [2.45, 2.75) is 12.5 Å². The zero-order valence-corrected chi connectivity index (χ0v) is 19.6. The largest absolute Gasteiger partial charge is 0.497 e. The predicted molar refractivity (Wildman–Crippen MR) is 133 cm³/mol. The summed E-state index contributed by atoms with van der Waals surface area (Å²) in [7, 11) is 4.93. The number of carbonyl (C=O) groups excluding carboxylic acids is 1. The Morgan fingerprint density at radius 3 is 2.26 bits per heavy atom. The van der Waals surface area contributed by atoms with E-state index in [1.54, 1.807) is 21.3 Å². The maximum atomic E-state index is 14.1. The van der Waals surface area contributed by atoms with Crippen LogP contribution in [0.5, 0.6) is 17.2 Å². The fraction of sp³-hybridized carbons (Fsp3) is 0.207. The number of ether oxygens (including phenoxy) is 3. The van der Waals surface area contributed by atoms with Gasteiger partial charge in [-0.2, -0.15) is 0 Å². The third-order valence-electron chi connectivity index (χ3n) is 6.59. The Morgan fingerprint density at radius 2 is 1.53 bits per heavy atom. The van der Waals surface area contributed by atoms with Crippen LogP contribution in [0.25, 0.3) is 10.8 Å². The summed E-state index contributed by atoms with van der Waals surface area (Å²) in [5.41, 5.74) is 3.92. The molecule has 0 saturated heterocycles. The summed E-state index contributed by atoms with van der Waals surface area (Å²) >= 11 is 0. The van der Waals surface area contributed by atoms with Crippen LogP contribution in [0.1, 0.15) is 33.1 Å². The molecule has 172 valence electrons. The first-order chi connectivity index (χ1) is 16.6. The molecular weight excluding hydrogens is 426 g/mol. The molecule has 0 saturated carbocycles. The van der Waals surface area contributed by atoms with E-state index in [1.807, 2.05) is 83.8 Å². The molecule has 4 aromatic carbocycles. The molecule has 0 aromatic heterocycles.